The number of ether oxygens (including phenoxy) is 2. The summed E-state index contributed by atoms with van der Waals surface area (Å²) in [7, 11) is 0. The van der Waals surface area contributed by atoms with Crippen molar-refractivity contribution in [3.63, 3.8) is 0 Å². The number of nitrogens with two attached hydrogens (primary N) is 1. The molecule has 26 heavy (non-hydrogen) atoms. The molecule has 1 aliphatic heterocycles. The third kappa shape index (κ3) is 3.90. The number of amides is 2. The zero-order valence-electron chi connectivity index (χ0n) is 15.3. The molecular formula is C20H24N2O4. The van der Waals surface area contributed by atoms with Crippen molar-refractivity contribution in [2.45, 2.75) is 44.9 Å². The van der Waals surface area contributed by atoms with Crippen molar-refractivity contribution in [3.05, 3.63) is 42.5 Å². The van der Waals surface area contributed by atoms with Crippen LogP contribution in [0.5, 0.6) is 5.75 Å². The predicted molar refractivity (Wildman–Crippen MR) is 98.9 cm³/mol. The Hall–Kier alpha value is -2.76. The molecule has 2 N–H and O–H groups in total. The van der Waals surface area contributed by atoms with Gasteiger partial charge in [0.05, 0.1) is 6.54 Å². The summed E-state index contributed by atoms with van der Waals surface area (Å²) in [5.41, 5.74) is 4.85. The lowest BCUT2D eigenvalue weighted by Gasteiger charge is -2.27. The van der Waals surface area contributed by atoms with Crippen LogP contribution in [-0.4, -0.2) is 41.2 Å². The molecule has 0 spiro atoms. The Bertz CT molecular complexity index is 823. The Balaban J connectivity index is 1.79. The minimum absolute atomic E-state index is 0.256. The summed E-state index contributed by atoms with van der Waals surface area (Å²) in [6, 6.07) is 13.0. The van der Waals surface area contributed by atoms with Crippen LogP contribution in [0.25, 0.3) is 10.8 Å². The van der Waals surface area contributed by atoms with E-state index in [0.29, 0.717) is 6.42 Å². The maximum atomic E-state index is 12.4. The van der Waals surface area contributed by atoms with Gasteiger partial charge in [0.1, 0.15) is 23.5 Å². The Labute approximate surface area is 152 Å². The average Bonchev–Trinajstić information content (AvgIpc) is 2.98. The fourth-order valence-electron chi connectivity index (χ4n) is 3.15. The topological polar surface area (TPSA) is 81.9 Å². The van der Waals surface area contributed by atoms with E-state index in [4.69, 9.17) is 15.2 Å². The van der Waals surface area contributed by atoms with Crippen molar-refractivity contribution < 1.29 is 19.1 Å². The standard InChI is InChI=1S/C20H24N2O4/c1-20(2,3)26-19(24)22-12-14(11-16(22)18(21)23)25-17-10-6-8-13-7-4-5-9-15(13)17/h4-10,14,16H,11-12H2,1-3H3,(H2,21,23)/t14-,16+/m1/s1. The van der Waals surface area contributed by atoms with E-state index in [0.717, 1.165) is 16.5 Å². The molecule has 1 saturated heterocycles. The van der Waals surface area contributed by atoms with Gasteiger partial charge >= 0.3 is 6.09 Å². The SMILES string of the molecule is CC(C)(C)OC(=O)N1C[C@H](Oc2cccc3ccccc23)C[C@H]1C(N)=O. The molecule has 6 nitrogen and oxygen atoms in total. The van der Waals surface area contributed by atoms with Crippen LogP contribution in [0.4, 0.5) is 4.79 Å². The van der Waals surface area contributed by atoms with Gasteiger partial charge in [-0.05, 0) is 32.2 Å². The molecule has 2 amide bonds. The molecule has 138 valence electrons. The first-order valence-corrected chi connectivity index (χ1v) is 8.68. The van der Waals surface area contributed by atoms with Gasteiger partial charge in [-0.3, -0.25) is 9.69 Å². The van der Waals surface area contributed by atoms with Crippen LogP contribution in [0.3, 0.4) is 0 Å². The highest BCUT2D eigenvalue weighted by Gasteiger charge is 2.41. The van der Waals surface area contributed by atoms with E-state index in [1.165, 1.54) is 4.90 Å². The van der Waals surface area contributed by atoms with E-state index in [-0.39, 0.29) is 12.6 Å². The molecule has 0 unspecified atom stereocenters. The molecule has 2 aromatic rings. The van der Waals surface area contributed by atoms with Gasteiger partial charge in [0.25, 0.3) is 0 Å². The fourth-order valence-corrected chi connectivity index (χ4v) is 3.15. The third-order valence-electron chi connectivity index (χ3n) is 4.26. The summed E-state index contributed by atoms with van der Waals surface area (Å²) in [5, 5.41) is 2.06. The van der Waals surface area contributed by atoms with Gasteiger partial charge < -0.3 is 15.2 Å². The Morgan fingerprint density at radius 1 is 1.12 bits per heavy atom. The minimum atomic E-state index is -0.732. The van der Waals surface area contributed by atoms with Gasteiger partial charge in [0, 0.05) is 11.8 Å². The molecule has 0 aromatic heterocycles. The van der Waals surface area contributed by atoms with E-state index >= 15 is 0 Å². The minimum Gasteiger partial charge on any atom is -0.488 e. The number of benzene rings is 2. The molecule has 6 heteroatoms. The molecule has 1 fully saturated rings. The lowest BCUT2D eigenvalue weighted by Crippen LogP contribution is -2.45. The molecule has 3 rings (SSSR count). The first-order chi connectivity index (χ1) is 12.2. The maximum absolute atomic E-state index is 12.4. The van der Waals surface area contributed by atoms with E-state index in [1.807, 2.05) is 42.5 Å². The maximum Gasteiger partial charge on any atom is 0.411 e. The van der Waals surface area contributed by atoms with Gasteiger partial charge in [0.15, 0.2) is 0 Å². The van der Waals surface area contributed by atoms with Crippen LogP contribution in [-0.2, 0) is 9.53 Å². The van der Waals surface area contributed by atoms with Crippen LogP contribution in [0.15, 0.2) is 42.5 Å². The van der Waals surface area contributed by atoms with Crippen molar-refractivity contribution in [1.82, 2.24) is 4.90 Å². The van der Waals surface area contributed by atoms with E-state index in [9.17, 15) is 9.59 Å². The second-order valence-corrected chi connectivity index (χ2v) is 7.50. The Morgan fingerprint density at radius 2 is 1.81 bits per heavy atom. The van der Waals surface area contributed by atoms with Gasteiger partial charge in [0.2, 0.25) is 5.91 Å². The molecule has 1 heterocycles. The number of carbonyl (C=O) groups excluding carboxylic acids is 2. The summed E-state index contributed by atoms with van der Waals surface area (Å²) in [4.78, 5) is 25.6. The molecule has 0 bridgehead atoms. The highest BCUT2D eigenvalue weighted by atomic mass is 16.6. The van der Waals surface area contributed by atoms with Crippen molar-refractivity contribution in [2.75, 3.05) is 6.54 Å². The smallest absolute Gasteiger partial charge is 0.411 e. The van der Waals surface area contributed by atoms with E-state index < -0.39 is 23.6 Å². The summed E-state index contributed by atoms with van der Waals surface area (Å²) in [5.74, 6) is 0.169. The number of fused-ring (bicyclic) bond motifs is 1. The number of nitrogens with zero attached hydrogens (tertiary/aromatic N) is 1. The molecule has 1 aliphatic rings. The lowest BCUT2D eigenvalue weighted by molar-refractivity contribution is -0.122. The Morgan fingerprint density at radius 3 is 2.50 bits per heavy atom. The van der Waals surface area contributed by atoms with Gasteiger partial charge in [-0.1, -0.05) is 36.4 Å². The molecular weight excluding hydrogens is 332 g/mol. The molecule has 2 atom stereocenters. The summed E-state index contributed by atoms with van der Waals surface area (Å²) < 4.78 is 11.5. The quantitative estimate of drug-likeness (QED) is 0.916. The van der Waals surface area contributed by atoms with Crippen LogP contribution < -0.4 is 10.5 Å². The van der Waals surface area contributed by atoms with Crippen molar-refractivity contribution in [1.29, 1.82) is 0 Å². The fraction of sp³-hybridized carbons (Fsp3) is 0.400. The number of hydrogen-bond donors (Lipinski definition) is 1. The predicted octanol–water partition coefficient (Wildman–Crippen LogP) is 3.08. The van der Waals surface area contributed by atoms with Crippen LogP contribution in [0.1, 0.15) is 27.2 Å². The lowest BCUT2D eigenvalue weighted by atomic mass is 10.1. The van der Waals surface area contributed by atoms with Gasteiger partial charge in [-0.15, -0.1) is 0 Å². The summed E-state index contributed by atoms with van der Waals surface area (Å²) in [6.07, 6.45) is -0.534. The largest absolute Gasteiger partial charge is 0.488 e. The van der Waals surface area contributed by atoms with Gasteiger partial charge in [-0.25, -0.2) is 4.79 Å². The monoisotopic (exact) mass is 356 g/mol. The summed E-state index contributed by atoms with van der Waals surface area (Å²) in [6.45, 7) is 5.60. The van der Waals surface area contributed by atoms with Crippen molar-refractivity contribution >= 4 is 22.8 Å². The normalized spacial score (nSPS) is 20.2. The first-order valence-electron chi connectivity index (χ1n) is 8.68. The summed E-state index contributed by atoms with van der Waals surface area (Å²) >= 11 is 0. The van der Waals surface area contributed by atoms with Crippen molar-refractivity contribution in [2.24, 2.45) is 5.73 Å². The van der Waals surface area contributed by atoms with Crippen LogP contribution in [0.2, 0.25) is 0 Å². The first kappa shape index (κ1) is 18.0. The molecule has 0 radical (unpaired) electrons. The zero-order valence-corrected chi connectivity index (χ0v) is 15.3. The molecule has 2 aromatic carbocycles. The van der Waals surface area contributed by atoms with Crippen LogP contribution >= 0.6 is 0 Å². The second-order valence-electron chi connectivity index (χ2n) is 7.50. The van der Waals surface area contributed by atoms with E-state index in [1.54, 1.807) is 20.8 Å². The average molecular weight is 356 g/mol. The number of rotatable bonds is 3. The van der Waals surface area contributed by atoms with Gasteiger partial charge in [-0.2, -0.15) is 0 Å². The highest BCUT2D eigenvalue weighted by Crippen LogP contribution is 2.30. The number of carbonyl (C=O) groups is 2. The number of likely N-dealkylation sites (tertiary alicyclic amines) is 1. The Kier molecular flexibility index (Phi) is 4.76. The number of primary amides is 1. The highest BCUT2D eigenvalue weighted by molar-refractivity contribution is 5.88. The third-order valence-corrected chi connectivity index (χ3v) is 4.26. The van der Waals surface area contributed by atoms with Crippen LogP contribution in [0, 0.1) is 0 Å². The molecule has 0 saturated carbocycles. The van der Waals surface area contributed by atoms with E-state index in [2.05, 4.69) is 0 Å². The van der Waals surface area contributed by atoms with Crippen molar-refractivity contribution in [3.8, 4) is 5.75 Å². The zero-order chi connectivity index (χ0) is 18.9. The second kappa shape index (κ2) is 6.86. The number of hydrogen-bond acceptors (Lipinski definition) is 4. The molecule has 0 aliphatic carbocycles.